The van der Waals surface area contributed by atoms with E-state index in [2.05, 4.69) is 10.1 Å². The summed E-state index contributed by atoms with van der Waals surface area (Å²) in [6, 6.07) is 24.6. The molecule has 186 valence electrons. The quantitative estimate of drug-likeness (QED) is 0.320. The number of hydrogen-bond donors (Lipinski definition) is 1. The van der Waals surface area contributed by atoms with Crippen LogP contribution in [0.5, 0.6) is 17.2 Å². The van der Waals surface area contributed by atoms with Crippen LogP contribution in [-0.2, 0) is 11.2 Å². The van der Waals surface area contributed by atoms with Gasteiger partial charge in [-0.25, -0.2) is 0 Å². The van der Waals surface area contributed by atoms with Crippen molar-refractivity contribution in [1.82, 2.24) is 5.01 Å². The fourth-order valence-electron chi connectivity index (χ4n) is 3.69. The van der Waals surface area contributed by atoms with E-state index >= 15 is 0 Å². The molecule has 0 bridgehead atoms. The molecular formula is C28H24N4O4S. The summed E-state index contributed by atoms with van der Waals surface area (Å²) in [6.07, 6.45) is 2.27. The third-order valence-electron chi connectivity index (χ3n) is 5.57. The maximum Gasteiger partial charge on any atom is 0.283 e. The van der Waals surface area contributed by atoms with Crippen molar-refractivity contribution in [2.24, 2.45) is 10.1 Å². The van der Waals surface area contributed by atoms with Crippen molar-refractivity contribution in [3.05, 3.63) is 95.6 Å². The van der Waals surface area contributed by atoms with Crippen molar-refractivity contribution in [1.29, 1.82) is 5.41 Å². The van der Waals surface area contributed by atoms with Crippen LogP contribution in [0.4, 0.5) is 0 Å². The lowest BCUT2D eigenvalue weighted by Crippen LogP contribution is -2.35. The number of benzene rings is 3. The molecule has 2 heterocycles. The minimum atomic E-state index is -0.448. The molecule has 9 heteroatoms. The van der Waals surface area contributed by atoms with Crippen LogP contribution in [0.3, 0.4) is 0 Å². The van der Waals surface area contributed by atoms with Crippen molar-refractivity contribution in [3.63, 3.8) is 0 Å². The molecule has 0 fully saturated rings. The average Bonchev–Trinajstić information content (AvgIpc) is 3.33. The second-order valence-electron chi connectivity index (χ2n) is 8.12. The Morgan fingerprint density at radius 2 is 1.51 bits per heavy atom. The van der Waals surface area contributed by atoms with E-state index in [1.165, 1.54) is 16.8 Å². The summed E-state index contributed by atoms with van der Waals surface area (Å²) in [7, 11) is 1.62. The van der Waals surface area contributed by atoms with E-state index in [1.54, 1.807) is 13.2 Å². The highest BCUT2D eigenvalue weighted by atomic mass is 32.2. The van der Waals surface area contributed by atoms with Gasteiger partial charge in [-0.3, -0.25) is 10.2 Å². The number of nitrogens with one attached hydrogen (secondary N) is 1. The van der Waals surface area contributed by atoms with E-state index in [0.29, 0.717) is 30.6 Å². The molecule has 8 nitrogen and oxygen atoms in total. The zero-order valence-electron chi connectivity index (χ0n) is 20.1. The summed E-state index contributed by atoms with van der Waals surface area (Å²) in [4.78, 5) is 16.8. The topological polar surface area (TPSA) is 96.6 Å². The minimum absolute atomic E-state index is 0.0153. The largest absolute Gasteiger partial charge is 0.497 e. The number of carbonyl (C=O) groups excluding carboxylic acids is 1. The Balaban J connectivity index is 1.18. The molecular weight excluding hydrogens is 488 g/mol. The maximum absolute atomic E-state index is 12.7. The van der Waals surface area contributed by atoms with Gasteiger partial charge >= 0.3 is 0 Å². The first-order valence-electron chi connectivity index (χ1n) is 11.6. The summed E-state index contributed by atoms with van der Waals surface area (Å²) in [5.74, 6) is 1.76. The minimum Gasteiger partial charge on any atom is -0.497 e. The molecule has 0 saturated heterocycles. The monoisotopic (exact) mass is 512 g/mol. The van der Waals surface area contributed by atoms with Gasteiger partial charge in [-0.15, -0.1) is 0 Å². The van der Waals surface area contributed by atoms with Crippen LogP contribution in [0.1, 0.15) is 11.1 Å². The Hall–Kier alpha value is -4.37. The van der Waals surface area contributed by atoms with Crippen molar-refractivity contribution >= 4 is 39.8 Å². The Labute approximate surface area is 218 Å². The summed E-state index contributed by atoms with van der Waals surface area (Å²) >= 11 is 1.32. The maximum atomic E-state index is 12.7. The number of carbonyl (C=O) groups is 1. The molecule has 0 unspecified atom stereocenters. The van der Waals surface area contributed by atoms with Crippen LogP contribution in [0.15, 0.2) is 94.5 Å². The van der Waals surface area contributed by atoms with Gasteiger partial charge in [-0.1, -0.05) is 42.5 Å². The Kier molecular flexibility index (Phi) is 7.32. The molecule has 1 amide bonds. The summed E-state index contributed by atoms with van der Waals surface area (Å²) in [5, 5.41) is 15.7. The van der Waals surface area contributed by atoms with Crippen LogP contribution in [0, 0.1) is 5.41 Å². The smallest absolute Gasteiger partial charge is 0.283 e. The molecule has 0 radical (unpaired) electrons. The number of amides is 1. The number of hydrazone groups is 1. The fraction of sp³-hybridized carbons (Fsp3) is 0.143. The first-order valence-corrected chi connectivity index (χ1v) is 12.4. The molecule has 3 aromatic carbocycles. The number of amidine groups is 2. The molecule has 0 spiro atoms. The molecule has 0 atom stereocenters. The van der Waals surface area contributed by atoms with Gasteiger partial charge in [0.1, 0.15) is 35.5 Å². The van der Waals surface area contributed by atoms with E-state index in [4.69, 9.17) is 19.6 Å². The normalized spacial score (nSPS) is 15.8. The first kappa shape index (κ1) is 24.3. The number of hydrogen-bond acceptors (Lipinski definition) is 7. The summed E-state index contributed by atoms with van der Waals surface area (Å²) < 4.78 is 16.6. The van der Waals surface area contributed by atoms with Crippen LogP contribution >= 0.6 is 11.8 Å². The van der Waals surface area contributed by atoms with Crippen molar-refractivity contribution in [3.8, 4) is 17.2 Å². The third-order valence-corrected chi connectivity index (χ3v) is 6.47. The van der Waals surface area contributed by atoms with E-state index in [0.717, 1.165) is 27.7 Å². The molecule has 5 rings (SSSR count). The molecule has 3 aromatic rings. The average molecular weight is 513 g/mol. The number of aliphatic imine (C=N–C) groups is 1. The lowest BCUT2D eigenvalue weighted by atomic mass is 10.1. The molecule has 0 aliphatic carbocycles. The predicted octanol–water partition coefficient (Wildman–Crippen LogP) is 5.01. The zero-order chi connectivity index (χ0) is 25.6. The van der Waals surface area contributed by atoms with E-state index in [9.17, 15) is 4.79 Å². The number of fused-ring (bicyclic) bond motifs is 1. The van der Waals surface area contributed by atoms with Gasteiger partial charge in [0.15, 0.2) is 5.84 Å². The number of thioether (sulfide) groups is 1. The van der Waals surface area contributed by atoms with Gasteiger partial charge in [0.2, 0.25) is 5.17 Å². The number of methoxy groups -OCH3 is 1. The lowest BCUT2D eigenvalue weighted by Gasteiger charge is -2.20. The summed E-state index contributed by atoms with van der Waals surface area (Å²) in [5.41, 5.74) is 2.06. The second kappa shape index (κ2) is 11.1. The lowest BCUT2D eigenvalue weighted by molar-refractivity contribution is -0.114. The third kappa shape index (κ3) is 5.90. The van der Waals surface area contributed by atoms with E-state index in [1.807, 2.05) is 78.9 Å². The van der Waals surface area contributed by atoms with Crippen LogP contribution < -0.4 is 14.2 Å². The number of ether oxygens (including phenoxy) is 3. The van der Waals surface area contributed by atoms with Crippen LogP contribution in [0.2, 0.25) is 0 Å². The first-order chi connectivity index (χ1) is 18.1. The van der Waals surface area contributed by atoms with Gasteiger partial charge in [-0.2, -0.15) is 15.1 Å². The SMILES string of the molecule is COc1ccc(OCCOc2ccc(/C=C3/C(=N)N4N=C(Cc5ccccc5)SC4=NC3=O)cc2)cc1. The summed E-state index contributed by atoms with van der Waals surface area (Å²) in [6.45, 7) is 0.772. The van der Waals surface area contributed by atoms with Crippen molar-refractivity contribution in [2.45, 2.75) is 6.42 Å². The fourth-order valence-corrected chi connectivity index (χ4v) is 4.61. The number of rotatable bonds is 9. The second-order valence-corrected chi connectivity index (χ2v) is 9.16. The Morgan fingerprint density at radius 3 is 2.16 bits per heavy atom. The molecule has 2 aliphatic rings. The van der Waals surface area contributed by atoms with Crippen molar-refractivity contribution < 1.29 is 19.0 Å². The van der Waals surface area contributed by atoms with Gasteiger partial charge in [-0.05, 0) is 65.4 Å². The Morgan fingerprint density at radius 1 is 0.892 bits per heavy atom. The number of nitrogens with zero attached hydrogens (tertiary/aromatic N) is 3. The Bertz CT molecular complexity index is 1380. The van der Waals surface area contributed by atoms with Gasteiger partial charge in [0.25, 0.3) is 5.91 Å². The highest BCUT2D eigenvalue weighted by Crippen LogP contribution is 2.29. The standard InChI is InChI=1S/C28H24N4O4S/c1-34-21-11-13-23(14-12-21)36-16-15-35-22-9-7-20(8-10-22)17-24-26(29)32-28(30-27(24)33)37-25(31-32)18-19-5-3-2-4-6-19/h2-14,17,29H,15-16,18H2,1H3/b24-17-,29-26?. The molecule has 37 heavy (non-hydrogen) atoms. The van der Waals surface area contributed by atoms with Gasteiger partial charge in [0.05, 0.1) is 12.7 Å². The zero-order valence-corrected chi connectivity index (χ0v) is 20.9. The molecule has 0 aromatic heterocycles. The predicted molar refractivity (Wildman–Crippen MR) is 146 cm³/mol. The highest BCUT2D eigenvalue weighted by molar-refractivity contribution is 8.26. The van der Waals surface area contributed by atoms with E-state index < -0.39 is 5.91 Å². The van der Waals surface area contributed by atoms with Crippen LogP contribution in [-0.4, -0.2) is 47.3 Å². The van der Waals surface area contributed by atoms with Crippen molar-refractivity contribution in [2.75, 3.05) is 20.3 Å². The van der Waals surface area contributed by atoms with E-state index in [-0.39, 0.29) is 11.4 Å². The van der Waals surface area contributed by atoms with Crippen LogP contribution in [0.25, 0.3) is 6.08 Å². The van der Waals surface area contributed by atoms with Gasteiger partial charge in [0, 0.05) is 6.42 Å². The highest BCUT2D eigenvalue weighted by Gasteiger charge is 2.35. The van der Waals surface area contributed by atoms with Gasteiger partial charge < -0.3 is 14.2 Å². The molecule has 0 saturated carbocycles. The molecule has 1 N–H and O–H groups in total. The molecule has 2 aliphatic heterocycles.